The summed E-state index contributed by atoms with van der Waals surface area (Å²) in [6, 6.07) is 6.99. The number of carbonyl (C=O) groups excluding carboxylic acids is 2. The zero-order valence-corrected chi connectivity index (χ0v) is 20.0. The van der Waals surface area contributed by atoms with Crippen LogP contribution in [0.15, 0.2) is 35.9 Å². The van der Waals surface area contributed by atoms with Crippen LogP contribution in [0.2, 0.25) is 0 Å². The van der Waals surface area contributed by atoms with Gasteiger partial charge in [0.25, 0.3) is 0 Å². The van der Waals surface area contributed by atoms with Crippen LogP contribution in [0, 0.1) is 3.57 Å². The molecule has 3 atom stereocenters. The van der Waals surface area contributed by atoms with Crippen LogP contribution < -0.4 is 10.1 Å². The Kier molecular flexibility index (Phi) is 8.74. The predicted octanol–water partition coefficient (Wildman–Crippen LogP) is 2.39. The second kappa shape index (κ2) is 11.3. The minimum absolute atomic E-state index is 0.0586. The van der Waals surface area contributed by atoms with Gasteiger partial charge in [-0.3, -0.25) is 9.59 Å². The monoisotopic (exact) mass is 542 g/mol. The van der Waals surface area contributed by atoms with Crippen LogP contribution in [-0.2, 0) is 9.59 Å². The van der Waals surface area contributed by atoms with Crippen LogP contribution in [-0.4, -0.2) is 64.4 Å². The Labute approximate surface area is 197 Å². The van der Waals surface area contributed by atoms with Gasteiger partial charge in [-0.1, -0.05) is 31.4 Å². The van der Waals surface area contributed by atoms with Gasteiger partial charge in [-0.2, -0.15) is 0 Å². The number of ether oxygens (including phenoxy) is 1. The van der Waals surface area contributed by atoms with Crippen molar-refractivity contribution in [2.24, 2.45) is 0 Å². The Morgan fingerprint density at radius 3 is 2.58 bits per heavy atom. The highest BCUT2D eigenvalue weighted by Gasteiger charge is 2.42. The summed E-state index contributed by atoms with van der Waals surface area (Å²) >= 11 is 2.17. The Balaban J connectivity index is 1.91. The highest BCUT2D eigenvalue weighted by atomic mass is 127. The van der Waals surface area contributed by atoms with Gasteiger partial charge in [-0.05, 0) is 53.6 Å². The Bertz CT molecular complexity index is 809. The fourth-order valence-electron chi connectivity index (χ4n) is 4.56. The van der Waals surface area contributed by atoms with Crippen molar-refractivity contribution < 1.29 is 24.5 Å². The number of nitrogens with one attached hydrogen (secondary N) is 1. The molecule has 3 rings (SSSR count). The van der Waals surface area contributed by atoms with Crippen LogP contribution in [0.5, 0.6) is 5.75 Å². The molecule has 0 aliphatic heterocycles. The lowest BCUT2D eigenvalue weighted by atomic mass is 9.85. The molecule has 2 amide bonds. The Morgan fingerprint density at radius 1 is 1.23 bits per heavy atom. The maximum Gasteiger partial charge on any atom is 0.247 e. The quantitative estimate of drug-likeness (QED) is 0.460. The Hall–Kier alpha value is -1.65. The maximum absolute atomic E-state index is 12.7. The minimum Gasteiger partial charge on any atom is -0.482 e. The third-order valence-electron chi connectivity index (χ3n) is 6.00. The van der Waals surface area contributed by atoms with Crippen LogP contribution in [0.25, 0.3) is 0 Å². The van der Waals surface area contributed by atoms with Crippen molar-refractivity contribution in [3.05, 3.63) is 39.5 Å². The van der Waals surface area contributed by atoms with Gasteiger partial charge in [0.15, 0.2) is 0 Å². The molecule has 1 saturated carbocycles. The van der Waals surface area contributed by atoms with E-state index in [0.717, 1.165) is 35.7 Å². The minimum atomic E-state index is -0.962. The standard InChI is InChI=1S/C23H31IN2O5/c1-15(28)26(17-7-3-2-4-8-17)19-13-16(23(30)25-11-12-27)14-21(22(19)29)31-20-10-6-5-9-18(20)24/h5-6,9-10,14,17,19,21-22,27,29H,2-4,7-8,11-13H2,1H3,(H,25,30). The molecule has 170 valence electrons. The molecule has 0 spiro atoms. The van der Waals surface area contributed by atoms with E-state index in [4.69, 9.17) is 9.84 Å². The maximum atomic E-state index is 12.7. The molecular weight excluding hydrogens is 511 g/mol. The van der Waals surface area contributed by atoms with Crippen molar-refractivity contribution in [2.75, 3.05) is 13.2 Å². The van der Waals surface area contributed by atoms with Crippen LogP contribution in [0.4, 0.5) is 0 Å². The molecule has 0 bridgehead atoms. The number of aliphatic hydroxyl groups is 2. The summed E-state index contributed by atoms with van der Waals surface area (Å²) in [4.78, 5) is 27.2. The fourth-order valence-corrected chi connectivity index (χ4v) is 5.07. The zero-order valence-electron chi connectivity index (χ0n) is 17.8. The number of aliphatic hydroxyl groups excluding tert-OH is 2. The molecule has 1 aromatic carbocycles. The summed E-state index contributed by atoms with van der Waals surface area (Å²) in [5.41, 5.74) is 0.460. The van der Waals surface area contributed by atoms with Crippen molar-refractivity contribution in [3.63, 3.8) is 0 Å². The number of rotatable bonds is 7. The molecule has 2 aliphatic rings. The average Bonchev–Trinajstić information content (AvgIpc) is 2.76. The van der Waals surface area contributed by atoms with E-state index in [1.54, 1.807) is 11.0 Å². The lowest BCUT2D eigenvalue weighted by Gasteiger charge is -2.44. The number of benzene rings is 1. The van der Waals surface area contributed by atoms with Crippen molar-refractivity contribution in [1.82, 2.24) is 10.2 Å². The SMILES string of the molecule is CC(=O)N(C1CCCCC1)C1CC(C(=O)NCCO)=CC(Oc2ccccc2I)C1O. The summed E-state index contributed by atoms with van der Waals surface area (Å²) in [5.74, 6) is 0.210. The molecule has 31 heavy (non-hydrogen) atoms. The molecule has 0 heterocycles. The molecule has 2 aliphatic carbocycles. The summed E-state index contributed by atoms with van der Waals surface area (Å²) in [6.45, 7) is 1.51. The molecule has 3 unspecified atom stereocenters. The molecule has 1 fully saturated rings. The molecule has 8 heteroatoms. The fraction of sp³-hybridized carbons (Fsp3) is 0.565. The summed E-state index contributed by atoms with van der Waals surface area (Å²) in [5, 5.41) is 23.0. The van der Waals surface area contributed by atoms with Gasteiger partial charge in [-0.25, -0.2) is 0 Å². The average molecular weight is 542 g/mol. The molecule has 0 aromatic heterocycles. The number of para-hydroxylation sites is 1. The Morgan fingerprint density at radius 2 is 1.94 bits per heavy atom. The van der Waals surface area contributed by atoms with Gasteiger partial charge >= 0.3 is 0 Å². The lowest BCUT2D eigenvalue weighted by molar-refractivity contribution is -0.140. The van der Waals surface area contributed by atoms with E-state index in [0.29, 0.717) is 11.3 Å². The first-order chi connectivity index (χ1) is 14.9. The summed E-state index contributed by atoms with van der Waals surface area (Å²) in [6.07, 6.45) is 5.24. The van der Waals surface area contributed by atoms with Crippen molar-refractivity contribution in [1.29, 1.82) is 0 Å². The topological polar surface area (TPSA) is 99.1 Å². The molecule has 3 N–H and O–H groups in total. The third-order valence-corrected chi connectivity index (χ3v) is 6.89. The first-order valence-corrected chi connectivity index (χ1v) is 12.0. The summed E-state index contributed by atoms with van der Waals surface area (Å²) in [7, 11) is 0. The molecule has 0 saturated heterocycles. The summed E-state index contributed by atoms with van der Waals surface area (Å²) < 4.78 is 7.02. The van der Waals surface area contributed by atoms with Crippen molar-refractivity contribution in [2.45, 2.75) is 69.7 Å². The molecule has 0 radical (unpaired) electrons. The second-order valence-corrected chi connectivity index (χ2v) is 9.33. The highest BCUT2D eigenvalue weighted by Crippen LogP contribution is 2.33. The van der Waals surface area contributed by atoms with Gasteiger partial charge in [0.2, 0.25) is 11.8 Å². The van der Waals surface area contributed by atoms with E-state index in [-0.39, 0.29) is 37.4 Å². The second-order valence-electron chi connectivity index (χ2n) is 8.16. The van der Waals surface area contributed by atoms with Crippen molar-refractivity contribution >= 4 is 34.4 Å². The van der Waals surface area contributed by atoms with E-state index >= 15 is 0 Å². The normalized spacial score (nSPS) is 24.3. The van der Waals surface area contributed by atoms with Crippen LogP contribution in [0.1, 0.15) is 45.4 Å². The lowest BCUT2D eigenvalue weighted by Crippen LogP contribution is -2.58. The number of halogens is 1. The molecule has 1 aromatic rings. The van der Waals surface area contributed by atoms with Gasteiger partial charge in [0.05, 0.1) is 16.2 Å². The first kappa shape index (κ1) is 24.0. The van der Waals surface area contributed by atoms with Crippen LogP contribution >= 0.6 is 22.6 Å². The zero-order chi connectivity index (χ0) is 22.4. The van der Waals surface area contributed by atoms with E-state index in [9.17, 15) is 14.7 Å². The number of hydrogen-bond donors (Lipinski definition) is 3. The largest absolute Gasteiger partial charge is 0.482 e. The number of amides is 2. The molecule has 7 nitrogen and oxygen atoms in total. The predicted molar refractivity (Wildman–Crippen MR) is 126 cm³/mol. The van der Waals surface area contributed by atoms with E-state index < -0.39 is 18.2 Å². The smallest absolute Gasteiger partial charge is 0.247 e. The number of carbonyl (C=O) groups is 2. The van der Waals surface area contributed by atoms with E-state index in [2.05, 4.69) is 27.9 Å². The van der Waals surface area contributed by atoms with Gasteiger partial charge in [-0.15, -0.1) is 0 Å². The van der Waals surface area contributed by atoms with Gasteiger partial charge in [0.1, 0.15) is 18.0 Å². The molecular formula is C23H31IN2O5. The number of nitrogens with zero attached hydrogens (tertiary/aromatic N) is 1. The van der Waals surface area contributed by atoms with E-state index in [1.165, 1.54) is 6.92 Å². The van der Waals surface area contributed by atoms with Crippen LogP contribution in [0.3, 0.4) is 0 Å². The van der Waals surface area contributed by atoms with E-state index in [1.807, 2.05) is 24.3 Å². The van der Waals surface area contributed by atoms with Crippen molar-refractivity contribution in [3.8, 4) is 5.75 Å². The third kappa shape index (κ3) is 5.98. The van der Waals surface area contributed by atoms with Gasteiger partial charge in [0, 0.05) is 31.5 Å². The highest BCUT2D eigenvalue weighted by molar-refractivity contribution is 14.1. The number of hydrogen-bond acceptors (Lipinski definition) is 5. The first-order valence-electron chi connectivity index (χ1n) is 10.9. The van der Waals surface area contributed by atoms with Gasteiger partial charge < -0.3 is 25.2 Å².